The molecular weight excluding hydrogens is 280 g/mol. The highest BCUT2D eigenvalue weighted by Gasteiger charge is 2.11. The van der Waals surface area contributed by atoms with Crippen molar-refractivity contribution in [3.05, 3.63) is 78.4 Å². The van der Waals surface area contributed by atoms with Crippen molar-refractivity contribution in [3.63, 3.8) is 0 Å². The summed E-state index contributed by atoms with van der Waals surface area (Å²) in [5.41, 5.74) is 1.84. The van der Waals surface area contributed by atoms with E-state index in [9.17, 15) is 8.78 Å². The molecule has 0 spiro atoms. The molecule has 0 unspecified atom stereocenters. The van der Waals surface area contributed by atoms with Crippen LogP contribution in [0.2, 0.25) is 0 Å². The van der Waals surface area contributed by atoms with Crippen LogP contribution < -0.4 is 0 Å². The molecule has 0 fully saturated rings. The van der Waals surface area contributed by atoms with Crippen molar-refractivity contribution in [1.29, 1.82) is 0 Å². The molecular formula is C19H11F2N. The Kier molecular flexibility index (Phi) is 2.86. The zero-order chi connectivity index (χ0) is 15.1. The predicted octanol–water partition coefficient (Wildman–Crippen LogP) is 5.33. The van der Waals surface area contributed by atoms with Crippen molar-refractivity contribution in [2.75, 3.05) is 0 Å². The van der Waals surface area contributed by atoms with Gasteiger partial charge >= 0.3 is 0 Å². The van der Waals surface area contributed by atoms with E-state index in [0.29, 0.717) is 11.3 Å². The average Bonchev–Trinajstić information content (AvgIpc) is 2.53. The first kappa shape index (κ1) is 12.9. The Bertz CT molecular complexity index is 988. The van der Waals surface area contributed by atoms with Crippen molar-refractivity contribution in [1.82, 2.24) is 4.98 Å². The van der Waals surface area contributed by atoms with Crippen LogP contribution in [0.4, 0.5) is 8.78 Å². The Morgan fingerprint density at radius 1 is 0.636 bits per heavy atom. The fraction of sp³-hybridized carbons (Fsp3) is 0. The van der Waals surface area contributed by atoms with E-state index in [1.807, 2.05) is 48.5 Å². The highest BCUT2D eigenvalue weighted by molar-refractivity contribution is 6.10. The minimum Gasteiger partial charge on any atom is -0.247 e. The first-order valence-corrected chi connectivity index (χ1v) is 6.96. The van der Waals surface area contributed by atoms with Crippen LogP contribution in [0.15, 0.2) is 66.7 Å². The van der Waals surface area contributed by atoms with Crippen molar-refractivity contribution in [2.24, 2.45) is 0 Å². The monoisotopic (exact) mass is 291 g/mol. The zero-order valence-corrected chi connectivity index (χ0v) is 11.6. The van der Waals surface area contributed by atoms with Gasteiger partial charge in [0.1, 0.15) is 11.6 Å². The number of aromatic nitrogens is 1. The molecule has 0 aliphatic rings. The highest BCUT2D eigenvalue weighted by atomic mass is 19.1. The molecule has 106 valence electrons. The van der Waals surface area contributed by atoms with Crippen molar-refractivity contribution < 1.29 is 8.78 Å². The van der Waals surface area contributed by atoms with Gasteiger partial charge in [-0.05, 0) is 23.6 Å². The standard InChI is InChI=1S/C19H11F2N/c20-13-9-12(10-14(21)11-13)19-17-7-2-1-5-15(17)16-6-3-4-8-18(16)22-19/h1-11H. The molecule has 0 aliphatic heterocycles. The molecule has 0 radical (unpaired) electrons. The first-order valence-electron chi connectivity index (χ1n) is 6.96. The van der Waals surface area contributed by atoms with Crippen molar-refractivity contribution >= 4 is 21.7 Å². The van der Waals surface area contributed by atoms with E-state index < -0.39 is 11.6 Å². The lowest BCUT2D eigenvalue weighted by molar-refractivity contribution is 0.584. The van der Waals surface area contributed by atoms with Crippen LogP contribution in [0.3, 0.4) is 0 Å². The van der Waals surface area contributed by atoms with Gasteiger partial charge in [0.25, 0.3) is 0 Å². The smallest absolute Gasteiger partial charge is 0.126 e. The van der Waals surface area contributed by atoms with Gasteiger partial charge in [-0.2, -0.15) is 0 Å². The predicted molar refractivity (Wildman–Crippen MR) is 84.6 cm³/mol. The number of benzene rings is 3. The maximum absolute atomic E-state index is 13.6. The molecule has 4 aromatic rings. The van der Waals surface area contributed by atoms with Crippen LogP contribution in [-0.2, 0) is 0 Å². The molecule has 0 atom stereocenters. The van der Waals surface area contributed by atoms with Crippen molar-refractivity contribution in [2.45, 2.75) is 0 Å². The van der Waals surface area contributed by atoms with Gasteiger partial charge in [-0.15, -0.1) is 0 Å². The van der Waals surface area contributed by atoms with Gasteiger partial charge in [-0.1, -0.05) is 42.5 Å². The molecule has 3 aromatic carbocycles. The quantitative estimate of drug-likeness (QED) is 0.432. The molecule has 0 amide bonds. The number of pyridine rings is 1. The Balaban J connectivity index is 2.15. The van der Waals surface area contributed by atoms with Crippen LogP contribution in [0.25, 0.3) is 32.9 Å². The molecule has 1 aromatic heterocycles. The summed E-state index contributed by atoms with van der Waals surface area (Å²) in [5, 5.41) is 2.93. The van der Waals surface area contributed by atoms with E-state index in [4.69, 9.17) is 0 Å². The number of hydrogen-bond donors (Lipinski definition) is 0. The largest absolute Gasteiger partial charge is 0.247 e. The lowest BCUT2D eigenvalue weighted by Gasteiger charge is -2.10. The second kappa shape index (κ2) is 4.88. The first-order chi connectivity index (χ1) is 10.7. The fourth-order valence-corrected chi connectivity index (χ4v) is 2.81. The van der Waals surface area contributed by atoms with Crippen LogP contribution in [0.1, 0.15) is 0 Å². The van der Waals surface area contributed by atoms with E-state index in [-0.39, 0.29) is 0 Å². The Hall–Kier alpha value is -2.81. The molecule has 0 saturated heterocycles. The van der Waals surface area contributed by atoms with E-state index in [0.717, 1.165) is 27.7 Å². The van der Waals surface area contributed by atoms with E-state index >= 15 is 0 Å². The molecule has 22 heavy (non-hydrogen) atoms. The van der Waals surface area contributed by atoms with Crippen LogP contribution in [0.5, 0.6) is 0 Å². The second-order valence-corrected chi connectivity index (χ2v) is 5.18. The van der Waals surface area contributed by atoms with Gasteiger partial charge in [0, 0.05) is 22.4 Å². The molecule has 4 rings (SSSR count). The lowest BCUT2D eigenvalue weighted by Crippen LogP contribution is -1.91. The summed E-state index contributed by atoms with van der Waals surface area (Å²) >= 11 is 0. The fourth-order valence-electron chi connectivity index (χ4n) is 2.81. The molecule has 0 bridgehead atoms. The van der Waals surface area contributed by atoms with Gasteiger partial charge in [-0.3, -0.25) is 0 Å². The third kappa shape index (κ3) is 2.02. The van der Waals surface area contributed by atoms with Gasteiger partial charge < -0.3 is 0 Å². The zero-order valence-electron chi connectivity index (χ0n) is 11.6. The Morgan fingerprint density at radius 3 is 1.95 bits per heavy atom. The number of fused-ring (bicyclic) bond motifs is 3. The van der Waals surface area contributed by atoms with Gasteiger partial charge in [-0.25, -0.2) is 13.8 Å². The van der Waals surface area contributed by atoms with E-state index in [2.05, 4.69) is 4.98 Å². The summed E-state index contributed by atoms with van der Waals surface area (Å²) < 4.78 is 27.1. The van der Waals surface area contributed by atoms with Gasteiger partial charge in [0.15, 0.2) is 0 Å². The normalized spacial score (nSPS) is 11.2. The van der Waals surface area contributed by atoms with Crippen LogP contribution in [0, 0.1) is 11.6 Å². The number of rotatable bonds is 1. The van der Waals surface area contributed by atoms with Crippen LogP contribution >= 0.6 is 0 Å². The third-order valence-electron chi connectivity index (χ3n) is 3.74. The average molecular weight is 291 g/mol. The molecule has 0 N–H and O–H groups in total. The maximum Gasteiger partial charge on any atom is 0.126 e. The summed E-state index contributed by atoms with van der Waals surface area (Å²) in [5.74, 6) is -1.21. The van der Waals surface area contributed by atoms with Crippen molar-refractivity contribution in [3.8, 4) is 11.3 Å². The molecule has 1 heterocycles. The summed E-state index contributed by atoms with van der Waals surface area (Å²) in [4.78, 5) is 4.62. The topological polar surface area (TPSA) is 12.9 Å². The lowest BCUT2D eigenvalue weighted by atomic mass is 10.00. The molecule has 0 aliphatic carbocycles. The number of para-hydroxylation sites is 1. The minimum absolute atomic E-state index is 0.444. The Morgan fingerprint density at radius 2 is 1.23 bits per heavy atom. The van der Waals surface area contributed by atoms with Crippen LogP contribution in [-0.4, -0.2) is 4.98 Å². The third-order valence-corrected chi connectivity index (χ3v) is 3.74. The SMILES string of the molecule is Fc1cc(F)cc(-c2nc3ccccc3c3ccccc23)c1. The maximum atomic E-state index is 13.6. The number of halogens is 2. The molecule has 0 saturated carbocycles. The Labute approximate surface area is 125 Å². The number of nitrogens with zero attached hydrogens (tertiary/aromatic N) is 1. The summed E-state index contributed by atoms with van der Waals surface area (Å²) in [7, 11) is 0. The van der Waals surface area contributed by atoms with E-state index in [1.54, 1.807) is 0 Å². The number of hydrogen-bond acceptors (Lipinski definition) is 1. The summed E-state index contributed by atoms with van der Waals surface area (Å²) in [6.07, 6.45) is 0. The summed E-state index contributed by atoms with van der Waals surface area (Å²) in [6.45, 7) is 0. The van der Waals surface area contributed by atoms with E-state index in [1.165, 1.54) is 12.1 Å². The minimum atomic E-state index is -0.603. The molecule has 1 nitrogen and oxygen atoms in total. The van der Waals surface area contributed by atoms with Gasteiger partial charge in [0.2, 0.25) is 0 Å². The summed E-state index contributed by atoms with van der Waals surface area (Å²) in [6, 6.07) is 19.0. The van der Waals surface area contributed by atoms with Gasteiger partial charge in [0.05, 0.1) is 11.2 Å². The second-order valence-electron chi connectivity index (χ2n) is 5.18. The molecule has 3 heteroatoms. The highest BCUT2D eigenvalue weighted by Crippen LogP contribution is 2.32.